The first-order chi connectivity index (χ1) is 10.4. The number of nitrogens with one attached hydrogen (secondary N) is 1. The number of hydrogen-bond acceptors (Lipinski definition) is 3. The summed E-state index contributed by atoms with van der Waals surface area (Å²) < 4.78 is 6.12. The number of amides is 1. The molecule has 22 heavy (non-hydrogen) atoms. The van der Waals surface area contributed by atoms with Crippen molar-refractivity contribution >= 4 is 33.3 Å². The summed E-state index contributed by atoms with van der Waals surface area (Å²) in [7, 11) is 1.54. The lowest BCUT2D eigenvalue weighted by molar-refractivity contribution is 0.101. The Labute approximate surface area is 137 Å². The van der Waals surface area contributed by atoms with E-state index in [9.17, 15) is 9.59 Å². The first-order valence-corrected chi connectivity index (χ1v) is 7.48. The molecule has 1 N–H and O–H groups in total. The lowest BCUT2D eigenvalue weighted by Crippen LogP contribution is -2.14. The zero-order chi connectivity index (χ0) is 16.3. The number of anilines is 1. The maximum absolute atomic E-state index is 12.4. The summed E-state index contributed by atoms with van der Waals surface area (Å²) in [4.78, 5) is 23.7. The zero-order valence-electron chi connectivity index (χ0n) is 12.6. The predicted octanol–water partition coefficient (Wildman–Crippen LogP) is 4.22. The molecule has 0 aliphatic rings. The number of rotatable bonds is 4. The Balaban J connectivity index is 2.27. The molecule has 0 bridgehead atoms. The number of ether oxygens (including phenoxy) is 1. The van der Waals surface area contributed by atoms with Gasteiger partial charge in [0.2, 0.25) is 0 Å². The molecule has 0 aromatic heterocycles. The molecule has 114 valence electrons. The average molecular weight is 362 g/mol. The summed E-state index contributed by atoms with van der Waals surface area (Å²) in [6, 6.07) is 10.4. The molecule has 0 fully saturated rings. The molecule has 0 spiro atoms. The van der Waals surface area contributed by atoms with E-state index < -0.39 is 0 Å². The van der Waals surface area contributed by atoms with Crippen LogP contribution in [0.3, 0.4) is 0 Å². The second-order valence-electron chi connectivity index (χ2n) is 4.89. The van der Waals surface area contributed by atoms with Gasteiger partial charge in [-0.3, -0.25) is 9.59 Å². The van der Waals surface area contributed by atoms with E-state index >= 15 is 0 Å². The monoisotopic (exact) mass is 361 g/mol. The number of halogens is 1. The maximum atomic E-state index is 12.4. The van der Waals surface area contributed by atoms with Gasteiger partial charge in [-0.25, -0.2) is 0 Å². The molecule has 0 aliphatic heterocycles. The summed E-state index contributed by atoms with van der Waals surface area (Å²) >= 11 is 3.38. The van der Waals surface area contributed by atoms with E-state index in [1.54, 1.807) is 30.3 Å². The highest BCUT2D eigenvalue weighted by atomic mass is 79.9. The van der Waals surface area contributed by atoms with E-state index in [0.29, 0.717) is 22.6 Å². The van der Waals surface area contributed by atoms with Crippen LogP contribution in [-0.2, 0) is 0 Å². The second kappa shape index (κ2) is 6.75. The minimum absolute atomic E-state index is 0.0119. The number of aryl methyl sites for hydroxylation is 1. The Bertz CT molecular complexity index is 723. The lowest BCUT2D eigenvalue weighted by Gasteiger charge is -2.12. The van der Waals surface area contributed by atoms with Crippen LogP contribution in [-0.4, -0.2) is 18.8 Å². The Morgan fingerprint density at radius 1 is 1.14 bits per heavy atom. The van der Waals surface area contributed by atoms with Crippen LogP contribution in [0.1, 0.15) is 33.2 Å². The zero-order valence-corrected chi connectivity index (χ0v) is 14.2. The van der Waals surface area contributed by atoms with Crippen molar-refractivity contribution < 1.29 is 14.3 Å². The Morgan fingerprint density at radius 2 is 1.77 bits per heavy atom. The summed E-state index contributed by atoms with van der Waals surface area (Å²) in [6.45, 7) is 3.38. The number of carbonyl (C=O) groups is 2. The molecule has 0 atom stereocenters. The van der Waals surface area contributed by atoms with Crippen molar-refractivity contribution in [1.82, 2.24) is 0 Å². The van der Waals surface area contributed by atoms with Gasteiger partial charge in [0.1, 0.15) is 5.75 Å². The largest absolute Gasteiger partial charge is 0.496 e. The third-order valence-electron chi connectivity index (χ3n) is 3.24. The van der Waals surface area contributed by atoms with Crippen molar-refractivity contribution in [3.63, 3.8) is 0 Å². The Hall–Kier alpha value is -2.14. The van der Waals surface area contributed by atoms with Crippen LogP contribution >= 0.6 is 15.9 Å². The normalized spacial score (nSPS) is 10.2. The van der Waals surface area contributed by atoms with Crippen LogP contribution in [0.2, 0.25) is 0 Å². The van der Waals surface area contributed by atoms with Crippen molar-refractivity contribution in [2.75, 3.05) is 12.4 Å². The van der Waals surface area contributed by atoms with Gasteiger partial charge in [0.15, 0.2) is 5.78 Å². The molecule has 2 aromatic carbocycles. The van der Waals surface area contributed by atoms with Gasteiger partial charge >= 0.3 is 0 Å². The van der Waals surface area contributed by atoms with Gasteiger partial charge in [-0.15, -0.1) is 0 Å². The summed E-state index contributed by atoms with van der Waals surface area (Å²) in [5.74, 6) is 0.264. The van der Waals surface area contributed by atoms with Crippen molar-refractivity contribution in [2.24, 2.45) is 0 Å². The van der Waals surface area contributed by atoms with E-state index in [2.05, 4.69) is 21.2 Å². The van der Waals surface area contributed by atoms with E-state index in [-0.39, 0.29) is 11.7 Å². The molecule has 5 heteroatoms. The van der Waals surface area contributed by atoms with Crippen LogP contribution in [0.25, 0.3) is 0 Å². The highest BCUT2D eigenvalue weighted by Crippen LogP contribution is 2.28. The first kappa shape index (κ1) is 16.2. The van der Waals surface area contributed by atoms with Crippen molar-refractivity contribution in [1.29, 1.82) is 0 Å². The maximum Gasteiger partial charge on any atom is 0.259 e. The fourth-order valence-electron chi connectivity index (χ4n) is 2.16. The number of methoxy groups -OCH3 is 1. The van der Waals surface area contributed by atoms with Crippen LogP contribution in [0.5, 0.6) is 5.75 Å². The fraction of sp³-hybridized carbons (Fsp3) is 0.176. The number of hydrogen-bond donors (Lipinski definition) is 1. The highest BCUT2D eigenvalue weighted by Gasteiger charge is 2.15. The van der Waals surface area contributed by atoms with Gasteiger partial charge in [-0.05, 0) is 55.8 Å². The van der Waals surface area contributed by atoms with Gasteiger partial charge in [0.25, 0.3) is 5.91 Å². The molecule has 0 aliphatic carbocycles. The van der Waals surface area contributed by atoms with Crippen molar-refractivity contribution in [2.45, 2.75) is 13.8 Å². The molecule has 0 heterocycles. The molecule has 1 amide bonds. The van der Waals surface area contributed by atoms with E-state index in [1.807, 2.05) is 13.0 Å². The van der Waals surface area contributed by atoms with Crippen LogP contribution in [0, 0.1) is 6.92 Å². The van der Waals surface area contributed by atoms with Gasteiger partial charge in [-0.2, -0.15) is 0 Å². The molecule has 2 aromatic rings. The second-order valence-corrected chi connectivity index (χ2v) is 5.81. The van der Waals surface area contributed by atoms with Gasteiger partial charge < -0.3 is 10.1 Å². The smallest absolute Gasteiger partial charge is 0.259 e. The third kappa shape index (κ3) is 3.54. The van der Waals surface area contributed by atoms with Crippen LogP contribution in [0.4, 0.5) is 5.69 Å². The minimum Gasteiger partial charge on any atom is -0.496 e. The van der Waals surface area contributed by atoms with E-state index in [4.69, 9.17) is 4.74 Å². The molecule has 2 rings (SSSR count). The van der Waals surface area contributed by atoms with Crippen LogP contribution in [0.15, 0.2) is 40.9 Å². The summed E-state index contributed by atoms with van der Waals surface area (Å²) in [6.07, 6.45) is 0. The molecule has 4 nitrogen and oxygen atoms in total. The van der Waals surface area contributed by atoms with Crippen molar-refractivity contribution in [3.05, 3.63) is 57.6 Å². The van der Waals surface area contributed by atoms with E-state index in [1.165, 1.54) is 14.0 Å². The first-order valence-electron chi connectivity index (χ1n) is 6.69. The summed E-state index contributed by atoms with van der Waals surface area (Å²) in [5.41, 5.74) is 2.54. The topological polar surface area (TPSA) is 55.4 Å². The molecule has 0 radical (unpaired) electrons. The third-order valence-corrected chi connectivity index (χ3v) is 3.70. The van der Waals surface area contributed by atoms with Crippen LogP contribution < -0.4 is 10.1 Å². The average Bonchev–Trinajstić information content (AvgIpc) is 2.47. The SMILES string of the molecule is COc1c(C)cc(Br)cc1C(=O)Nc1ccc(C(C)=O)cc1. The predicted molar refractivity (Wildman–Crippen MR) is 89.8 cm³/mol. The van der Waals surface area contributed by atoms with E-state index in [0.717, 1.165) is 10.0 Å². The molecule has 0 unspecified atom stereocenters. The standard InChI is InChI=1S/C17H16BrNO3/c1-10-8-13(18)9-15(16(10)22-3)17(21)19-14-6-4-12(5-7-14)11(2)20/h4-9H,1-3H3,(H,19,21). The lowest BCUT2D eigenvalue weighted by atomic mass is 10.1. The van der Waals surface area contributed by atoms with Crippen molar-refractivity contribution in [3.8, 4) is 5.75 Å². The summed E-state index contributed by atoms with van der Waals surface area (Å²) in [5, 5.41) is 2.80. The van der Waals surface area contributed by atoms with Gasteiger partial charge in [0, 0.05) is 15.7 Å². The highest BCUT2D eigenvalue weighted by molar-refractivity contribution is 9.10. The Kier molecular flexibility index (Phi) is 4.98. The molecule has 0 saturated carbocycles. The minimum atomic E-state index is -0.267. The van der Waals surface area contributed by atoms with Gasteiger partial charge in [-0.1, -0.05) is 15.9 Å². The number of Topliss-reactive ketones (excluding diaryl/α,β-unsaturated/α-hetero) is 1. The molecule has 0 saturated heterocycles. The quantitative estimate of drug-likeness (QED) is 0.829. The van der Waals surface area contributed by atoms with Gasteiger partial charge in [0.05, 0.1) is 12.7 Å². The number of benzene rings is 2. The Morgan fingerprint density at radius 3 is 2.32 bits per heavy atom. The molecular weight excluding hydrogens is 346 g/mol. The molecular formula is C17H16BrNO3. The number of ketones is 1. The fourth-order valence-corrected chi connectivity index (χ4v) is 2.73. The number of carbonyl (C=O) groups excluding carboxylic acids is 2.